The lowest BCUT2D eigenvalue weighted by Crippen LogP contribution is -2.41. The van der Waals surface area contributed by atoms with Gasteiger partial charge < -0.3 is 33.5 Å². The summed E-state index contributed by atoms with van der Waals surface area (Å²) in [5.74, 6) is -27.4. The summed E-state index contributed by atoms with van der Waals surface area (Å²) >= 11 is 0. The second-order valence-electron chi connectivity index (χ2n) is 9.72. The van der Waals surface area contributed by atoms with Crippen LogP contribution in [0.5, 0.6) is 0 Å². The van der Waals surface area contributed by atoms with Crippen LogP contribution in [0.3, 0.4) is 0 Å². The molecule has 0 saturated heterocycles. The molecule has 266 valence electrons. The van der Waals surface area contributed by atoms with Gasteiger partial charge in [0, 0.05) is 21.3 Å². The van der Waals surface area contributed by atoms with Crippen molar-refractivity contribution < 1.29 is 86.2 Å². The highest BCUT2D eigenvalue weighted by Gasteiger charge is 2.36. The third kappa shape index (κ3) is 7.88. The first-order valence-corrected chi connectivity index (χ1v) is 13.1. The minimum absolute atomic E-state index is 0.893. The fourth-order valence-corrected chi connectivity index (χ4v) is 4.14. The summed E-state index contributed by atoms with van der Waals surface area (Å²) in [4.78, 5) is 0. The van der Waals surface area contributed by atoms with E-state index in [0.29, 0.717) is 0 Å². The summed E-state index contributed by atoms with van der Waals surface area (Å²) in [5.41, 5.74) is -8.01. The minimum Gasteiger partial charge on any atom is -0.380 e. The Hall–Kier alpha value is -3.46. The number of aliphatic hydroxyl groups is 1. The maximum Gasteiger partial charge on any atom is 0.305 e. The smallest absolute Gasteiger partial charge is 0.305 e. The topological polar surface area (TPSA) is 75.6 Å². The van der Waals surface area contributed by atoms with Crippen LogP contribution in [0.15, 0.2) is 0 Å². The summed E-state index contributed by atoms with van der Waals surface area (Å²) in [5, 5.41) is 10.9. The Bertz CT molecular complexity index is 1490. The van der Waals surface area contributed by atoms with Crippen LogP contribution in [-0.2, 0) is 68.1 Å². The fourth-order valence-electron chi connectivity index (χ4n) is 4.14. The van der Waals surface area contributed by atoms with Gasteiger partial charge in [0.25, 0.3) is 0 Å². The zero-order valence-electron chi connectivity index (χ0n) is 24.9. The maximum atomic E-state index is 14.6. The molecule has 0 heterocycles. The summed E-state index contributed by atoms with van der Waals surface area (Å²) in [6.45, 7) is -9.16. The number of ether oxygens (including phenoxy) is 6. The van der Waals surface area contributed by atoms with Gasteiger partial charge >= 0.3 is 5.97 Å². The lowest BCUT2D eigenvalue weighted by molar-refractivity contribution is -0.386. The molecule has 0 unspecified atom stereocenters. The predicted molar refractivity (Wildman–Crippen MR) is 135 cm³/mol. The molecule has 0 spiro atoms. The van der Waals surface area contributed by atoms with E-state index in [1.54, 1.807) is 0 Å². The molecule has 3 aromatic carbocycles. The van der Waals surface area contributed by atoms with Crippen LogP contribution in [0.4, 0.5) is 52.7 Å². The molecule has 0 atom stereocenters. The Morgan fingerprint density at radius 3 is 0.812 bits per heavy atom. The van der Waals surface area contributed by atoms with E-state index in [4.69, 9.17) is 14.2 Å². The molecule has 7 nitrogen and oxygen atoms in total. The summed E-state index contributed by atoms with van der Waals surface area (Å²) in [6.07, 6.45) is 0. The van der Waals surface area contributed by atoms with Crippen LogP contribution < -0.4 is 0 Å². The van der Waals surface area contributed by atoms with E-state index < -0.39 is 155 Å². The maximum absolute atomic E-state index is 14.6. The van der Waals surface area contributed by atoms with Crippen LogP contribution in [0.25, 0.3) is 0 Å². The quantitative estimate of drug-likeness (QED) is 0.105. The van der Waals surface area contributed by atoms with Crippen LogP contribution >= 0.6 is 0 Å². The van der Waals surface area contributed by atoms with E-state index in [2.05, 4.69) is 14.2 Å². The van der Waals surface area contributed by atoms with Gasteiger partial charge in [0.1, 0.15) is 6.61 Å². The molecular formula is C29H24F12O7. The predicted octanol–water partition coefficient (Wildman–Crippen LogP) is 6.39. The van der Waals surface area contributed by atoms with Gasteiger partial charge in [-0.3, -0.25) is 0 Å². The van der Waals surface area contributed by atoms with Gasteiger partial charge in [-0.2, -0.15) is 0 Å². The van der Waals surface area contributed by atoms with E-state index in [0.717, 1.165) is 21.3 Å². The molecular weight excluding hydrogens is 688 g/mol. The monoisotopic (exact) mass is 712 g/mol. The van der Waals surface area contributed by atoms with Crippen molar-refractivity contribution in [1.82, 2.24) is 0 Å². The van der Waals surface area contributed by atoms with Crippen LogP contribution in [-0.4, -0.2) is 39.0 Å². The molecule has 3 aromatic rings. The molecule has 0 saturated carbocycles. The number of rotatable bonds is 16. The second kappa shape index (κ2) is 16.3. The van der Waals surface area contributed by atoms with Gasteiger partial charge in [0.05, 0.1) is 73.0 Å². The standard InChI is InChI=1S/C29H24F12O7/c1-43-4-11-17(30)23(36)14(24(37)18(11)31)7-46-10-29(42,47-8-15-25(38)19(32)12(5-44-2)20(33)26(15)39)48-9-16-27(40)21(34)13(6-45-3)22(35)28(16)41/h42H,4-10H2,1-3H3. The molecule has 0 bridgehead atoms. The number of methoxy groups -OCH3 is 3. The number of halogens is 12. The summed E-state index contributed by atoms with van der Waals surface area (Å²) in [7, 11) is 2.87. The van der Waals surface area contributed by atoms with Gasteiger partial charge in [-0.15, -0.1) is 0 Å². The molecule has 0 amide bonds. The van der Waals surface area contributed by atoms with Crippen LogP contribution in [0.2, 0.25) is 0 Å². The SMILES string of the molecule is COCc1c(F)c(F)c(COCC(O)(OCc2c(F)c(F)c(COC)c(F)c2F)OCc2c(F)c(F)c(COC)c(F)c2F)c(F)c1F. The third-order valence-electron chi connectivity index (χ3n) is 6.62. The van der Waals surface area contributed by atoms with Crippen molar-refractivity contribution in [3.63, 3.8) is 0 Å². The molecule has 0 radical (unpaired) electrons. The van der Waals surface area contributed by atoms with Crippen LogP contribution in [0, 0.1) is 69.8 Å². The van der Waals surface area contributed by atoms with Gasteiger partial charge in [-0.25, -0.2) is 52.7 Å². The molecule has 48 heavy (non-hydrogen) atoms. The average molecular weight is 712 g/mol. The highest BCUT2D eigenvalue weighted by molar-refractivity contribution is 5.31. The van der Waals surface area contributed by atoms with E-state index in [1.165, 1.54) is 0 Å². The first-order chi connectivity index (χ1) is 22.6. The molecule has 0 aliphatic rings. The van der Waals surface area contributed by atoms with Gasteiger partial charge in [0.2, 0.25) is 0 Å². The molecule has 19 heteroatoms. The van der Waals surface area contributed by atoms with Crippen molar-refractivity contribution in [3.8, 4) is 0 Å². The van der Waals surface area contributed by atoms with Crippen molar-refractivity contribution in [2.45, 2.75) is 45.6 Å². The van der Waals surface area contributed by atoms with Gasteiger partial charge in [0.15, 0.2) is 69.8 Å². The van der Waals surface area contributed by atoms with Crippen molar-refractivity contribution in [1.29, 1.82) is 0 Å². The third-order valence-corrected chi connectivity index (χ3v) is 6.62. The minimum atomic E-state index is -3.59. The highest BCUT2D eigenvalue weighted by Crippen LogP contribution is 2.30. The summed E-state index contributed by atoms with van der Waals surface area (Å²) in [6, 6.07) is 0. The Balaban J connectivity index is 1.97. The zero-order valence-corrected chi connectivity index (χ0v) is 24.9. The number of hydrogen-bond donors (Lipinski definition) is 1. The molecule has 0 aliphatic carbocycles. The molecule has 3 rings (SSSR count). The molecule has 0 fully saturated rings. The lowest BCUT2D eigenvalue weighted by Gasteiger charge is -2.28. The normalized spacial score (nSPS) is 12.0. The Kier molecular flexibility index (Phi) is 13.2. The van der Waals surface area contributed by atoms with Gasteiger partial charge in [-0.05, 0) is 0 Å². The Morgan fingerprint density at radius 2 is 0.583 bits per heavy atom. The molecule has 0 aromatic heterocycles. The summed E-state index contributed by atoms with van der Waals surface area (Å²) < 4.78 is 202. The largest absolute Gasteiger partial charge is 0.380 e. The first kappa shape index (κ1) is 39.0. The van der Waals surface area contributed by atoms with E-state index in [-0.39, 0.29) is 0 Å². The van der Waals surface area contributed by atoms with E-state index in [1.807, 2.05) is 0 Å². The molecule has 1 N–H and O–H groups in total. The van der Waals surface area contributed by atoms with Crippen molar-refractivity contribution in [2.75, 3.05) is 27.9 Å². The Labute approximate surface area is 263 Å². The average Bonchev–Trinajstić information content (AvgIpc) is 3.06. The van der Waals surface area contributed by atoms with Crippen molar-refractivity contribution in [2.24, 2.45) is 0 Å². The zero-order chi connectivity index (χ0) is 36.1. The highest BCUT2D eigenvalue weighted by atomic mass is 19.2. The second-order valence-corrected chi connectivity index (χ2v) is 9.72. The first-order valence-electron chi connectivity index (χ1n) is 13.1. The van der Waals surface area contributed by atoms with E-state index in [9.17, 15) is 57.8 Å². The molecule has 0 aliphatic heterocycles. The van der Waals surface area contributed by atoms with Crippen molar-refractivity contribution in [3.05, 3.63) is 103 Å². The van der Waals surface area contributed by atoms with Crippen molar-refractivity contribution >= 4 is 0 Å². The fraction of sp³-hybridized carbons (Fsp3) is 0.379. The van der Waals surface area contributed by atoms with Crippen LogP contribution in [0.1, 0.15) is 33.4 Å². The number of hydrogen-bond acceptors (Lipinski definition) is 7. The van der Waals surface area contributed by atoms with Gasteiger partial charge in [-0.1, -0.05) is 0 Å². The lowest BCUT2D eigenvalue weighted by atomic mass is 10.1. The number of benzene rings is 3. The Morgan fingerprint density at radius 1 is 0.375 bits per heavy atom. The van der Waals surface area contributed by atoms with E-state index >= 15 is 0 Å².